The average molecular weight is 469 g/mol. The SMILES string of the molecule is CN1C(=O)NC(=O)C2C1N=C(N1CCN(Cc3ccccc3F)CC1)N2Cc1ccc(F)cc1. The maximum absolute atomic E-state index is 14.1. The van der Waals surface area contributed by atoms with Crippen LogP contribution in [0.3, 0.4) is 0 Å². The first-order chi connectivity index (χ1) is 16.4. The van der Waals surface area contributed by atoms with Gasteiger partial charge in [0.2, 0.25) is 0 Å². The fourth-order valence-corrected chi connectivity index (χ4v) is 4.70. The van der Waals surface area contributed by atoms with Gasteiger partial charge in [-0.25, -0.2) is 18.6 Å². The monoisotopic (exact) mass is 468 g/mol. The molecule has 3 aliphatic heterocycles. The molecule has 8 nitrogen and oxygen atoms in total. The van der Waals surface area contributed by atoms with Gasteiger partial charge in [-0.15, -0.1) is 0 Å². The quantitative estimate of drug-likeness (QED) is 0.742. The molecule has 2 unspecified atom stereocenters. The molecular formula is C24H26F2N6O2. The summed E-state index contributed by atoms with van der Waals surface area (Å²) >= 11 is 0. The number of amides is 3. The largest absolute Gasteiger partial charge is 0.340 e. The Morgan fingerprint density at radius 2 is 1.68 bits per heavy atom. The fourth-order valence-electron chi connectivity index (χ4n) is 4.70. The van der Waals surface area contributed by atoms with E-state index in [-0.39, 0.29) is 11.6 Å². The summed E-state index contributed by atoms with van der Waals surface area (Å²) in [5, 5.41) is 2.40. The van der Waals surface area contributed by atoms with E-state index in [2.05, 4.69) is 15.1 Å². The van der Waals surface area contributed by atoms with Crippen molar-refractivity contribution in [3.05, 3.63) is 71.3 Å². The summed E-state index contributed by atoms with van der Waals surface area (Å²) in [4.78, 5) is 37.4. The summed E-state index contributed by atoms with van der Waals surface area (Å²) in [5.41, 5.74) is 1.50. The third-order valence-electron chi connectivity index (χ3n) is 6.61. The molecule has 0 spiro atoms. The van der Waals surface area contributed by atoms with Crippen molar-refractivity contribution < 1.29 is 18.4 Å². The molecule has 3 heterocycles. The number of halogens is 2. The van der Waals surface area contributed by atoms with Crippen LogP contribution in [0.25, 0.3) is 0 Å². The highest BCUT2D eigenvalue weighted by Crippen LogP contribution is 2.28. The molecule has 3 amide bonds. The Hall–Kier alpha value is -3.53. The van der Waals surface area contributed by atoms with E-state index >= 15 is 0 Å². The predicted molar refractivity (Wildman–Crippen MR) is 122 cm³/mol. The number of fused-ring (bicyclic) bond motifs is 1. The van der Waals surface area contributed by atoms with Gasteiger partial charge in [0.05, 0.1) is 0 Å². The van der Waals surface area contributed by atoms with Gasteiger partial charge in [0.25, 0.3) is 5.91 Å². The molecule has 0 aliphatic carbocycles. The molecule has 10 heteroatoms. The van der Waals surface area contributed by atoms with Crippen molar-refractivity contribution in [3.8, 4) is 0 Å². The molecule has 2 aromatic rings. The van der Waals surface area contributed by atoms with E-state index in [1.165, 1.54) is 23.1 Å². The van der Waals surface area contributed by atoms with Gasteiger partial charge in [0.15, 0.2) is 18.2 Å². The van der Waals surface area contributed by atoms with Crippen LogP contribution in [0.2, 0.25) is 0 Å². The van der Waals surface area contributed by atoms with Crippen molar-refractivity contribution in [2.24, 2.45) is 4.99 Å². The second kappa shape index (κ2) is 9.02. The molecule has 178 valence electrons. The van der Waals surface area contributed by atoms with E-state index in [4.69, 9.17) is 4.99 Å². The van der Waals surface area contributed by atoms with Crippen LogP contribution >= 0.6 is 0 Å². The molecule has 0 aromatic heterocycles. The third-order valence-corrected chi connectivity index (χ3v) is 6.61. The highest BCUT2D eigenvalue weighted by atomic mass is 19.1. The summed E-state index contributed by atoms with van der Waals surface area (Å²) in [6.45, 7) is 3.57. The predicted octanol–water partition coefficient (Wildman–Crippen LogP) is 1.83. The lowest BCUT2D eigenvalue weighted by Crippen LogP contribution is -2.64. The van der Waals surface area contributed by atoms with Gasteiger partial charge in [-0.1, -0.05) is 30.3 Å². The number of piperazine rings is 1. The minimum absolute atomic E-state index is 0.210. The first-order valence-corrected chi connectivity index (χ1v) is 11.3. The lowest BCUT2D eigenvalue weighted by atomic mass is 10.1. The minimum atomic E-state index is -0.667. The number of hydrogen-bond donors (Lipinski definition) is 1. The van der Waals surface area contributed by atoms with E-state index in [0.717, 1.165) is 5.56 Å². The summed E-state index contributed by atoms with van der Waals surface area (Å²) in [6, 6.07) is 11.8. The zero-order valence-corrected chi connectivity index (χ0v) is 18.8. The molecule has 5 rings (SSSR count). The Kier molecular flexibility index (Phi) is 5.91. The van der Waals surface area contributed by atoms with Crippen molar-refractivity contribution in [2.75, 3.05) is 33.2 Å². The van der Waals surface area contributed by atoms with Crippen LogP contribution in [-0.2, 0) is 17.9 Å². The summed E-state index contributed by atoms with van der Waals surface area (Å²) in [6.07, 6.45) is -0.631. The Morgan fingerprint density at radius 3 is 2.38 bits per heavy atom. The van der Waals surface area contributed by atoms with Crippen molar-refractivity contribution >= 4 is 17.9 Å². The van der Waals surface area contributed by atoms with Crippen LogP contribution in [-0.4, -0.2) is 82.9 Å². The highest BCUT2D eigenvalue weighted by molar-refractivity contribution is 6.03. The van der Waals surface area contributed by atoms with Crippen LogP contribution in [0.4, 0.5) is 13.6 Å². The van der Waals surface area contributed by atoms with E-state index < -0.39 is 24.1 Å². The van der Waals surface area contributed by atoms with Gasteiger partial charge in [-0.05, 0) is 23.8 Å². The topological polar surface area (TPSA) is 71.5 Å². The maximum atomic E-state index is 14.1. The van der Waals surface area contributed by atoms with Crippen LogP contribution in [0, 0.1) is 11.6 Å². The zero-order chi connectivity index (χ0) is 23.8. The number of carbonyl (C=O) groups is 2. The second-order valence-electron chi connectivity index (χ2n) is 8.80. The smallest absolute Gasteiger partial charge is 0.325 e. The van der Waals surface area contributed by atoms with Gasteiger partial charge in [0, 0.05) is 51.9 Å². The van der Waals surface area contributed by atoms with E-state index in [9.17, 15) is 18.4 Å². The maximum Gasteiger partial charge on any atom is 0.325 e. The van der Waals surface area contributed by atoms with E-state index in [0.29, 0.717) is 50.8 Å². The normalized spacial score (nSPS) is 23.1. The Morgan fingerprint density at radius 1 is 0.971 bits per heavy atom. The van der Waals surface area contributed by atoms with Gasteiger partial charge in [0.1, 0.15) is 11.6 Å². The van der Waals surface area contributed by atoms with Gasteiger partial charge < -0.3 is 14.7 Å². The molecule has 2 fully saturated rings. The number of imide groups is 1. The second-order valence-corrected chi connectivity index (χ2v) is 8.80. The highest BCUT2D eigenvalue weighted by Gasteiger charge is 2.49. The molecule has 2 saturated heterocycles. The standard InChI is InChI=1S/C24H26F2N6O2/c1-29-21-20(22(33)28-24(29)34)32(14-16-6-8-18(25)9-7-16)23(27-21)31-12-10-30(11-13-31)15-17-4-2-3-5-19(17)26/h2-9,20-21H,10-15H2,1H3,(H,28,33,34). The number of aliphatic imine (C=N–C) groups is 1. The number of nitrogens with one attached hydrogen (secondary N) is 1. The van der Waals surface area contributed by atoms with Crippen LogP contribution < -0.4 is 5.32 Å². The van der Waals surface area contributed by atoms with Gasteiger partial charge in [-0.3, -0.25) is 15.0 Å². The molecule has 1 N–H and O–H groups in total. The van der Waals surface area contributed by atoms with E-state index in [1.54, 1.807) is 31.3 Å². The number of carbonyl (C=O) groups excluding carboxylic acids is 2. The van der Waals surface area contributed by atoms with Crippen molar-refractivity contribution in [1.29, 1.82) is 0 Å². The number of hydrogen-bond acceptors (Lipinski definition) is 6. The van der Waals surface area contributed by atoms with Gasteiger partial charge in [-0.2, -0.15) is 0 Å². The Bertz CT molecular complexity index is 1120. The van der Waals surface area contributed by atoms with Crippen molar-refractivity contribution in [3.63, 3.8) is 0 Å². The first kappa shape index (κ1) is 22.3. The number of urea groups is 1. The van der Waals surface area contributed by atoms with Crippen molar-refractivity contribution in [2.45, 2.75) is 25.3 Å². The van der Waals surface area contributed by atoms with Crippen molar-refractivity contribution in [1.82, 2.24) is 24.9 Å². The molecule has 3 aliphatic rings. The summed E-state index contributed by atoms with van der Waals surface area (Å²) in [7, 11) is 1.62. The number of likely N-dealkylation sites (N-methyl/N-ethyl adjacent to an activating group) is 1. The summed E-state index contributed by atoms with van der Waals surface area (Å²) in [5.74, 6) is -0.296. The molecule has 0 radical (unpaired) electrons. The third kappa shape index (κ3) is 4.21. The lowest BCUT2D eigenvalue weighted by molar-refractivity contribution is -0.127. The first-order valence-electron chi connectivity index (χ1n) is 11.3. The molecular weight excluding hydrogens is 442 g/mol. The van der Waals surface area contributed by atoms with Crippen LogP contribution in [0.15, 0.2) is 53.5 Å². The van der Waals surface area contributed by atoms with E-state index in [1.807, 2.05) is 11.0 Å². The molecule has 0 bridgehead atoms. The number of guanidine groups is 1. The Balaban J connectivity index is 1.35. The van der Waals surface area contributed by atoms with Crippen LogP contribution in [0.5, 0.6) is 0 Å². The molecule has 2 atom stereocenters. The Labute approximate surface area is 196 Å². The van der Waals surface area contributed by atoms with Gasteiger partial charge >= 0.3 is 6.03 Å². The average Bonchev–Trinajstić information content (AvgIpc) is 3.21. The molecule has 0 saturated carbocycles. The van der Waals surface area contributed by atoms with Crippen LogP contribution in [0.1, 0.15) is 11.1 Å². The lowest BCUT2D eigenvalue weighted by Gasteiger charge is -2.40. The molecule has 34 heavy (non-hydrogen) atoms. The zero-order valence-electron chi connectivity index (χ0n) is 18.8. The number of rotatable bonds is 4. The number of benzene rings is 2. The fraction of sp³-hybridized carbons (Fsp3) is 0.375. The number of nitrogens with zero attached hydrogens (tertiary/aromatic N) is 5. The minimum Gasteiger partial charge on any atom is -0.340 e. The molecule has 2 aromatic carbocycles. The summed E-state index contributed by atoms with van der Waals surface area (Å²) < 4.78 is 27.5.